The zero-order valence-electron chi connectivity index (χ0n) is 14.8. The van der Waals surface area contributed by atoms with Crippen LogP contribution in [0.15, 0.2) is 58.7 Å². The minimum absolute atomic E-state index is 0. The van der Waals surface area contributed by atoms with E-state index in [1.807, 2.05) is 12.1 Å². The fourth-order valence-corrected chi connectivity index (χ4v) is 3.22. The highest BCUT2D eigenvalue weighted by Gasteiger charge is 2.07. The Morgan fingerprint density at radius 3 is 2.65 bits per heavy atom. The van der Waals surface area contributed by atoms with Crippen LogP contribution in [0.5, 0.6) is 0 Å². The molecule has 3 aromatic rings. The zero-order chi connectivity index (χ0) is 17.5. The largest absolute Gasteiger partial charge is 0.356 e. The van der Waals surface area contributed by atoms with E-state index < -0.39 is 0 Å². The van der Waals surface area contributed by atoms with Gasteiger partial charge in [-0.15, -0.1) is 24.0 Å². The highest BCUT2D eigenvalue weighted by molar-refractivity contribution is 14.0. The zero-order valence-corrected chi connectivity index (χ0v) is 17.9. The van der Waals surface area contributed by atoms with Crippen LogP contribution in [0.2, 0.25) is 0 Å². The van der Waals surface area contributed by atoms with E-state index in [1.54, 1.807) is 29.4 Å². The Bertz CT molecular complexity index is 784. The Kier molecular flexibility index (Phi) is 8.05. The second kappa shape index (κ2) is 10.3. The van der Waals surface area contributed by atoms with Gasteiger partial charge in [-0.25, -0.2) is 9.67 Å². The van der Waals surface area contributed by atoms with Crippen molar-refractivity contribution in [2.75, 3.05) is 13.6 Å². The number of thiophene rings is 1. The maximum atomic E-state index is 4.29. The van der Waals surface area contributed by atoms with Crippen molar-refractivity contribution in [3.8, 4) is 5.69 Å². The van der Waals surface area contributed by atoms with Gasteiger partial charge in [0.1, 0.15) is 12.7 Å². The van der Waals surface area contributed by atoms with E-state index in [-0.39, 0.29) is 24.0 Å². The number of nitrogens with one attached hydrogen (secondary N) is 2. The molecule has 0 aliphatic carbocycles. The SMILES string of the molecule is CN=C(NCc1ccc(-n2cncn2)cc1)NCC(C)c1ccsc1.I. The Hall–Kier alpha value is -1.94. The maximum Gasteiger partial charge on any atom is 0.191 e. The first-order valence-corrected chi connectivity index (χ1v) is 9.11. The summed E-state index contributed by atoms with van der Waals surface area (Å²) in [5.41, 5.74) is 3.53. The number of aromatic nitrogens is 3. The lowest BCUT2D eigenvalue weighted by atomic mass is 10.1. The quantitative estimate of drug-likeness (QED) is 0.321. The first-order chi connectivity index (χ1) is 12.3. The summed E-state index contributed by atoms with van der Waals surface area (Å²) >= 11 is 1.73. The van der Waals surface area contributed by atoms with Gasteiger partial charge in [0.05, 0.1) is 5.69 Å². The van der Waals surface area contributed by atoms with Crippen molar-refractivity contribution in [1.82, 2.24) is 25.4 Å². The lowest BCUT2D eigenvalue weighted by molar-refractivity contribution is 0.701. The van der Waals surface area contributed by atoms with Crippen LogP contribution < -0.4 is 10.6 Å². The average molecular weight is 482 g/mol. The molecule has 1 atom stereocenters. The Labute approximate surface area is 174 Å². The van der Waals surface area contributed by atoms with Crippen LogP contribution in [0.1, 0.15) is 24.0 Å². The number of guanidine groups is 1. The molecule has 1 unspecified atom stereocenters. The summed E-state index contributed by atoms with van der Waals surface area (Å²) in [5.74, 6) is 1.26. The fourth-order valence-electron chi connectivity index (χ4n) is 2.44. The number of halogens is 1. The third-order valence-corrected chi connectivity index (χ3v) is 4.69. The fraction of sp³-hybridized carbons (Fsp3) is 0.278. The summed E-state index contributed by atoms with van der Waals surface area (Å²) in [5, 5.41) is 15.2. The standard InChI is InChI=1S/C18H22N6S.HI/c1-14(16-7-8-25-11-16)9-21-18(19-2)22-10-15-3-5-17(6-4-15)24-13-20-12-23-24;/h3-8,11-14H,9-10H2,1-2H3,(H2,19,21,22);1H. The van der Waals surface area contributed by atoms with E-state index in [2.05, 4.69) is 61.6 Å². The second-order valence-corrected chi connectivity index (χ2v) is 6.55. The number of hydrogen-bond acceptors (Lipinski definition) is 4. The molecule has 2 N–H and O–H groups in total. The van der Waals surface area contributed by atoms with Crippen LogP contribution in [-0.2, 0) is 6.54 Å². The second-order valence-electron chi connectivity index (χ2n) is 5.77. The molecule has 6 nitrogen and oxygen atoms in total. The molecule has 0 saturated heterocycles. The molecule has 138 valence electrons. The maximum absolute atomic E-state index is 4.29. The van der Waals surface area contributed by atoms with E-state index in [4.69, 9.17) is 0 Å². The molecule has 1 aromatic carbocycles. The molecular formula is C18H23IN6S. The third kappa shape index (κ3) is 5.53. The van der Waals surface area contributed by atoms with Crippen molar-refractivity contribution >= 4 is 41.3 Å². The van der Waals surface area contributed by atoms with Gasteiger partial charge < -0.3 is 10.6 Å². The lowest BCUT2D eigenvalue weighted by Gasteiger charge is -2.15. The van der Waals surface area contributed by atoms with Gasteiger partial charge in [0.2, 0.25) is 0 Å². The predicted molar refractivity (Wildman–Crippen MR) is 118 cm³/mol. The van der Waals surface area contributed by atoms with Crippen molar-refractivity contribution in [2.24, 2.45) is 4.99 Å². The van der Waals surface area contributed by atoms with Crippen LogP contribution in [0.4, 0.5) is 0 Å². The normalized spacial score (nSPS) is 12.3. The summed E-state index contributed by atoms with van der Waals surface area (Å²) < 4.78 is 1.74. The molecule has 0 radical (unpaired) electrons. The average Bonchev–Trinajstić information content (AvgIpc) is 3.36. The van der Waals surface area contributed by atoms with Crippen molar-refractivity contribution in [1.29, 1.82) is 0 Å². The van der Waals surface area contributed by atoms with E-state index in [0.717, 1.165) is 18.2 Å². The molecule has 0 fully saturated rings. The van der Waals surface area contributed by atoms with Crippen LogP contribution in [0.3, 0.4) is 0 Å². The minimum Gasteiger partial charge on any atom is -0.356 e. The van der Waals surface area contributed by atoms with Gasteiger partial charge in [-0.1, -0.05) is 19.1 Å². The number of aliphatic imine (C=N–C) groups is 1. The Morgan fingerprint density at radius 1 is 1.23 bits per heavy atom. The number of hydrogen-bond donors (Lipinski definition) is 2. The first kappa shape index (κ1) is 20.4. The number of rotatable bonds is 6. The molecule has 0 saturated carbocycles. The number of benzene rings is 1. The van der Waals surface area contributed by atoms with Gasteiger partial charge in [0.15, 0.2) is 5.96 Å². The highest BCUT2D eigenvalue weighted by atomic mass is 127. The lowest BCUT2D eigenvalue weighted by Crippen LogP contribution is -2.38. The van der Waals surface area contributed by atoms with Crippen LogP contribution >= 0.6 is 35.3 Å². The smallest absolute Gasteiger partial charge is 0.191 e. The molecule has 2 aromatic heterocycles. The molecular weight excluding hydrogens is 459 g/mol. The Balaban J connectivity index is 0.00000243. The molecule has 3 rings (SSSR count). The van der Waals surface area contributed by atoms with Crippen molar-refractivity contribution in [2.45, 2.75) is 19.4 Å². The minimum atomic E-state index is 0. The van der Waals surface area contributed by atoms with E-state index >= 15 is 0 Å². The molecule has 2 heterocycles. The summed E-state index contributed by atoms with van der Waals surface area (Å²) in [7, 11) is 1.79. The molecule has 0 spiro atoms. The van der Waals surface area contributed by atoms with Gasteiger partial charge in [-0.2, -0.15) is 16.4 Å². The predicted octanol–water partition coefficient (Wildman–Crippen LogP) is 3.42. The first-order valence-electron chi connectivity index (χ1n) is 8.17. The topological polar surface area (TPSA) is 67.1 Å². The molecule has 8 heteroatoms. The van der Waals surface area contributed by atoms with Crippen molar-refractivity contribution < 1.29 is 0 Å². The highest BCUT2D eigenvalue weighted by Crippen LogP contribution is 2.17. The third-order valence-electron chi connectivity index (χ3n) is 3.99. The van der Waals surface area contributed by atoms with Crippen LogP contribution in [0.25, 0.3) is 5.69 Å². The van der Waals surface area contributed by atoms with Gasteiger partial charge in [-0.05, 0) is 46.0 Å². The van der Waals surface area contributed by atoms with Gasteiger partial charge in [-0.3, -0.25) is 4.99 Å². The molecule has 0 aliphatic rings. The van der Waals surface area contributed by atoms with Gasteiger partial charge >= 0.3 is 0 Å². The van der Waals surface area contributed by atoms with Crippen molar-refractivity contribution in [3.05, 3.63) is 64.9 Å². The van der Waals surface area contributed by atoms with Crippen LogP contribution in [0, 0.1) is 0 Å². The molecule has 0 amide bonds. The Morgan fingerprint density at radius 2 is 2.04 bits per heavy atom. The summed E-state index contributed by atoms with van der Waals surface area (Å²) in [6, 6.07) is 10.4. The molecule has 0 aliphatic heterocycles. The van der Waals surface area contributed by atoms with E-state index in [0.29, 0.717) is 12.5 Å². The van der Waals surface area contributed by atoms with Gasteiger partial charge in [0.25, 0.3) is 0 Å². The van der Waals surface area contributed by atoms with Gasteiger partial charge in [0, 0.05) is 20.1 Å². The summed E-state index contributed by atoms with van der Waals surface area (Å²) in [4.78, 5) is 8.25. The molecule has 0 bridgehead atoms. The van der Waals surface area contributed by atoms with E-state index in [1.165, 1.54) is 17.5 Å². The number of nitrogens with zero attached hydrogens (tertiary/aromatic N) is 4. The van der Waals surface area contributed by atoms with Crippen LogP contribution in [-0.4, -0.2) is 34.3 Å². The van der Waals surface area contributed by atoms with E-state index in [9.17, 15) is 0 Å². The summed E-state index contributed by atoms with van der Waals surface area (Å²) in [6.45, 7) is 3.77. The monoisotopic (exact) mass is 482 g/mol. The molecule has 26 heavy (non-hydrogen) atoms. The summed E-state index contributed by atoms with van der Waals surface area (Å²) in [6.07, 6.45) is 3.22. The van der Waals surface area contributed by atoms with Crippen molar-refractivity contribution in [3.63, 3.8) is 0 Å².